The Kier molecular flexibility index (Phi) is 4.78. The van der Waals surface area contributed by atoms with Crippen LogP contribution < -0.4 is 4.74 Å². The van der Waals surface area contributed by atoms with Crippen molar-refractivity contribution in [2.45, 2.75) is 24.3 Å². The third-order valence-corrected chi connectivity index (χ3v) is 2.42. The Balaban J connectivity index is 3.04. The molecule has 1 rings (SSSR count). The van der Waals surface area contributed by atoms with Gasteiger partial charge in [-0.1, -0.05) is 11.6 Å². The molecule has 0 saturated heterocycles. The molecule has 0 bridgehead atoms. The quantitative estimate of drug-likeness (QED) is 0.608. The predicted molar refractivity (Wildman–Crippen MR) is 55.3 cm³/mol. The van der Waals surface area contributed by atoms with E-state index in [2.05, 4.69) is 9.72 Å². The minimum absolute atomic E-state index is 0.0467. The summed E-state index contributed by atoms with van der Waals surface area (Å²) in [6.45, 7) is 0. The Hall–Kier alpha value is -0.890. The van der Waals surface area contributed by atoms with E-state index in [-0.39, 0.29) is 5.88 Å². The van der Waals surface area contributed by atoms with Crippen molar-refractivity contribution in [2.24, 2.45) is 0 Å². The zero-order valence-corrected chi connectivity index (χ0v) is 10.3. The highest BCUT2D eigenvalue weighted by Gasteiger charge is 2.59. The first-order valence-electron chi connectivity index (χ1n) is 4.56. The standard InChI is InChI=1S/C9H5Cl2F6NO/c10-2-4-1-5(11)6(18-3-4)19-7(8(12,13)14)9(15,16)17/h1,3,7H,2H2. The average Bonchev–Trinajstić information content (AvgIpc) is 2.23. The van der Waals surface area contributed by atoms with Crippen LogP contribution in [-0.2, 0) is 5.88 Å². The summed E-state index contributed by atoms with van der Waals surface area (Å²) >= 11 is 10.9. The summed E-state index contributed by atoms with van der Waals surface area (Å²) in [6.07, 6.45) is -14.3. The molecule has 0 amide bonds. The SMILES string of the molecule is FC(F)(F)C(Oc1ncc(CCl)cc1Cl)C(F)(F)F. The third kappa shape index (κ3) is 4.31. The molecule has 0 saturated carbocycles. The molecule has 0 aromatic carbocycles. The van der Waals surface area contributed by atoms with Crippen LogP contribution in [0.3, 0.4) is 0 Å². The fourth-order valence-corrected chi connectivity index (χ4v) is 1.44. The van der Waals surface area contributed by atoms with Crippen molar-refractivity contribution in [3.8, 4) is 5.88 Å². The molecule has 0 fully saturated rings. The maximum absolute atomic E-state index is 12.2. The Morgan fingerprint density at radius 3 is 2.05 bits per heavy atom. The van der Waals surface area contributed by atoms with E-state index in [0.29, 0.717) is 5.56 Å². The van der Waals surface area contributed by atoms with Gasteiger partial charge in [-0.2, -0.15) is 26.3 Å². The molecule has 10 heteroatoms. The second-order valence-electron chi connectivity index (χ2n) is 3.35. The van der Waals surface area contributed by atoms with Gasteiger partial charge >= 0.3 is 12.4 Å². The summed E-state index contributed by atoms with van der Waals surface area (Å²) < 4.78 is 77.3. The Morgan fingerprint density at radius 2 is 1.68 bits per heavy atom. The molecule has 0 unspecified atom stereocenters. The summed E-state index contributed by atoms with van der Waals surface area (Å²) in [5, 5.41) is -0.489. The number of hydrogen-bond acceptors (Lipinski definition) is 2. The van der Waals surface area contributed by atoms with Gasteiger partial charge in [0.1, 0.15) is 5.02 Å². The normalized spacial score (nSPS) is 12.9. The van der Waals surface area contributed by atoms with Crippen LogP contribution in [-0.4, -0.2) is 23.4 Å². The van der Waals surface area contributed by atoms with Crippen LogP contribution in [0.25, 0.3) is 0 Å². The molecule has 1 heterocycles. The van der Waals surface area contributed by atoms with Crippen LogP contribution >= 0.6 is 23.2 Å². The minimum Gasteiger partial charge on any atom is -0.454 e. The van der Waals surface area contributed by atoms with Crippen LogP contribution in [0.4, 0.5) is 26.3 Å². The van der Waals surface area contributed by atoms with Gasteiger partial charge < -0.3 is 4.74 Å². The van der Waals surface area contributed by atoms with E-state index in [4.69, 9.17) is 23.2 Å². The van der Waals surface area contributed by atoms with Gasteiger partial charge in [-0.3, -0.25) is 0 Å². The molecule has 0 aliphatic rings. The zero-order chi connectivity index (χ0) is 14.8. The van der Waals surface area contributed by atoms with Crippen molar-refractivity contribution in [3.05, 3.63) is 22.8 Å². The van der Waals surface area contributed by atoms with E-state index in [1.54, 1.807) is 0 Å². The highest BCUT2D eigenvalue weighted by Crippen LogP contribution is 2.37. The summed E-state index contributed by atoms with van der Waals surface area (Å²) in [6, 6.07) is 1.07. The van der Waals surface area contributed by atoms with Crippen LogP contribution in [0.2, 0.25) is 5.02 Å². The molecule has 0 spiro atoms. The molecule has 2 nitrogen and oxygen atoms in total. The molecule has 1 aromatic heterocycles. The van der Waals surface area contributed by atoms with E-state index >= 15 is 0 Å². The summed E-state index contributed by atoms with van der Waals surface area (Å²) in [5.74, 6) is -1.01. The highest BCUT2D eigenvalue weighted by molar-refractivity contribution is 6.32. The van der Waals surface area contributed by atoms with Crippen molar-refractivity contribution >= 4 is 23.2 Å². The third-order valence-electron chi connectivity index (χ3n) is 1.84. The lowest BCUT2D eigenvalue weighted by Gasteiger charge is -2.23. The first kappa shape index (κ1) is 16.2. The lowest BCUT2D eigenvalue weighted by Crippen LogP contribution is -2.46. The molecular formula is C9H5Cl2F6NO. The van der Waals surface area contributed by atoms with Crippen molar-refractivity contribution in [1.82, 2.24) is 4.98 Å². The summed E-state index contributed by atoms with van der Waals surface area (Å²) in [5.41, 5.74) is 0.328. The monoisotopic (exact) mass is 327 g/mol. The number of pyridine rings is 1. The van der Waals surface area contributed by atoms with Gasteiger partial charge in [0.15, 0.2) is 0 Å². The molecule has 0 atom stereocenters. The number of aromatic nitrogens is 1. The second kappa shape index (κ2) is 5.62. The van der Waals surface area contributed by atoms with Gasteiger partial charge in [0, 0.05) is 12.1 Å². The Bertz CT molecular complexity index is 433. The molecule has 0 aliphatic carbocycles. The topological polar surface area (TPSA) is 22.1 Å². The maximum Gasteiger partial charge on any atom is 0.434 e. The first-order chi connectivity index (χ1) is 8.55. The van der Waals surface area contributed by atoms with E-state index in [1.165, 1.54) is 0 Å². The molecule has 19 heavy (non-hydrogen) atoms. The molecule has 108 valence electrons. The van der Waals surface area contributed by atoms with Gasteiger partial charge in [0.2, 0.25) is 5.88 Å². The van der Waals surface area contributed by atoms with Crippen LogP contribution in [0.1, 0.15) is 5.56 Å². The van der Waals surface area contributed by atoms with Gasteiger partial charge in [-0.05, 0) is 11.6 Å². The minimum atomic E-state index is -5.63. The summed E-state index contributed by atoms with van der Waals surface area (Å²) in [4.78, 5) is 3.28. The van der Waals surface area contributed by atoms with Gasteiger partial charge in [-0.15, -0.1) is 11.6 Å². The Labute approximate surface area is 113 Å². The number of nitrogens with zero attached hydrogens (tertiary/aromatic N) is 1. The molecule has 1 aromatic rings. The lowest BCUT2D eigenvalue weighted by molar-refractivity contribution is -0.300. The smallest absolute Gasteiger partial charge is 0.434 e. The van der Waals surface area contributed by atoms with E-state index in [0.717, 1.165) is 12.3 Å². The molecular weight excluding hydrogens is 323 g/mol. The number of alkyl halides is 7. The predicted octanol–water partition coefficient (Wildman–Crippen LogP) is 4.35. The zero-order valence-electron chi connectivity index (χ0n) is 8.82. The number of hydrogen-bond donors (Lipinski definition) is 0. The van der Waals surface area contributed by atoms with Crippen LogP contribution in [0.15, 0.2) is 12.3 Å². The fraction of sp³-hybridized carbons (Fsp3) is 0.444. The van der Waals surface area contributed by atoms with Crippen LogP contribution in [0, 0.1) is 0 Å². The number of rotatable bonds is 3. The van der Waals surface area contributed by atoms with E-state index in [9.17, 15) is 26.3 Å². The number of ether oxygens (including phenoxy) is 1. The van der Waals surface area contributed by atoms with Crippen molar-refractivity contribution in [2.75, 3.05) is 0 Å². The lowest BCUT2D eigenvalue weighted by atomic mass is 10.3. The molecule has 0 N–H and O–H groups in total. The largest absolute Gasteiger partial charge is 0.454 e. The first-order valence-corrected chi connectivity index (χ1v) is 5.47. The molecule has 0 radical (unpaired) electrons. The summed E-state index contributed by atoms with van der Waals surface area (Å²) in [7, 11) is 0. The second-order valence-corrected chi connectivity index (χ2v) is 4.02. The van der Waals surface area contributed by atoms with Crippen molar-refractivity contribution in [3.63, 3.8) is 0 Å². The maximum atomic E-state index is 12.2. The van der Waals surface area contributed by atoms with E-state index < -0.39 is 29.4 Å². The van der Waals surface area contributed by atoms with Crippen molar-refractivity contribution in [1.29, 1.82) is 0 Å². The van der Waals surface area contributed by atoms with Crippen LogP contribution in [0.5, 0.6) is 5.88 Å². The fourth-order valence-electron chi connectivity index (χ4n) is 1.06. The Morgan fingerprint density at radius 1 is 1.16 bits per heavy atom. The highest BCUT2D eigenvalue weighted by atomic mass is 35.5. The van der Waals surface area contributed by atoms with Crippen molar-refractivity contribution < 1.29 is 31.1 Å². The van der Waals surface area contributed by atoms with Gasteiger partial charge in [-0.25, -0.2) is 4.98 Å². The van der Waals surface area contributed by atoms with E-state index in [1.807, 2.05) is 0 Å². The van der Waals surface area contributed by atoms with Gasteiger partial charge in [0.25, 0.3) is 6.10 Å². The number of halogens is 8. The molecule has 0 aliphatic heterocycles. The average molecular weight is 328 g/mol. The van der Waals surface area contributed by atoms with Gasteiger partial charge in [0.05, 0.1) is 0 Å².